The summed E-state index contributed by atoms with van der Waals surface area (Å²) in [5.41, 5.74) is -0.283. The quantitative estimate of drug-likeness (QED) is 0.645. The predicted octanol–water partition coefficient (Wildman–Crippen LogP) is 3.89. The summed E-state index contributed by atoms with van der Waals surface area (Å²) >= 11 is 0. The van der Waals surface area contributed by atoms with Gasteiger partial charge in [0.05, 0.1) is 11.9 Å². The average molecular weight is 391 g/mol. The topological polar surface area (TPSA) is 79.8 Å². The van der Waals surface area contributed by atoms with Crippen molar-refractivity contribution in [1.82, 2.24) is 15.0 Å². The van der Waals surface area contributed by atoms with Gasteiger partial charge < -0.3 is 10.6 Å². The summed E-state index contributed by atoms with van der Waals surface area (Å²) in [6, 6.07) is 7.62. The van der Waals surface area contributed by atoms with Gasteiger partial charge in [-0.15, -0.1) is 0 Å². The van der Waals surface area contributed by atoms with Crippen LogP contribution in [0.5, 0.6) is 0 Å². The monoisotopic (exact) mass is 391 g/mol. The number of nitrogens with zero attached hydrogens (tertiary/aromatic N) is 3. The first-order valence-electron chi connectivity index (χ1n) is 7.97. The molecule has 0 fully saturated rings. The predicted molar refractivity (Wildman–Crippen MR) is 93.0 cm³/mol. The summed E-state index contributed by atoms with van der Waals surface area (Å²) in [4.78, 5) is 23.7. The van der Waals surface area contributed by atoms with Crippen molar-refractivity contribution in [2.24, 2.45) is 0 Å². The zero-order valence-electron chi connectivity index (χ0n) is 14.2. The highest BCUT2D eigenvalue weighted by atomic mass is 19.4. The Morgan fingerprint density at radius 2 is 1.68 bits per heavy atom. The number of nitrogens with one attached hydrogen (secondary N) is 2. The molecule has 144 valence electrons. The molecule has 0 bridgehead atoms. The zero-order chi connectivity index (χ0) is 20.1. The number of hydrogen-bond acceptors (Lipinski definition) is 5. The van der Waals surface area contributed by atoms with Crippen molar-refractivity contribution in [2.45, 2.75) is 12.7 Å². The number of alkyl halides is 3. The third-order valence-electron chi connectivity index (χ3n) is 3.60. The van der Waals surface area contributed by atoms with E-state index in [2.05, 4.69) is 25.6 Å². The first-order chi connectivity index (χ1) is 13.3. The highest BCUT2D eigenvalue weighted by molar-refractivity contribution is 6.05. The number of pyridine rings is 1. The van der Waals surface area contributed by atoms with E-state index in [9.17, 15) is 22.4 Å². The maximum absolute atomic E-state index is 13.0. The maximum Gasteiger partial charge on any atom is 0.433 e. The number of hydrogen-bond donors (Lipinski definition) is 2. The Balaban J connectivity index is 1.71. The molecule has 0 aliphatic rings. The number of carbonyl (C=O) groups is 1. The van der Waals surface area contributed by atoms with E-state index in [0.717, 1.165) is 23.9 Å². The lowest BCUT2D eigenvalue weighted by atomic mass is 10.2. The van der Waals surface area contributed by atoms with E-state index < -0.39 is 17.8 Å². The number of aromatic nitrogens is 3. The third-order valence-corrected chi connectivity index (χ3v) is 3.60. The van der Waals surface area contributed by atoms with Gasteiger partial charge in [0, 0.05) is 18.9 Å². The smallest absolute Gasteiger partial charge is 0.364 e. The van der Waals surface area contributed by atoms with E-state index in [4.69, 9.17) is 0 Å². The molecule has 0 aliphatic carbocycles. The van der Waals surface area contributed by atoms with Gasteiger partial charge >= 0.3 is 6.18 Å². The summed E-state index contributed by atoms with van der Waals surface area (Å²) in [5.74, 6) is -0.867. The molecule has 0 spiro atoms. The fourth-order valence-electron chi connectivity index (χ4n) is 2.25. The largest absolute Gasteiger partial charge is 0.433 e. The summed E-state index contributed by atoms with van der Waals surface area (Å²) < 4.78 is 50.6. The van der Waals surface area contributed by atoms with Gasteiger partial charge in [0.2, 0.25) is 0 Å². The highest BCUT2D eigenvalue weighted by Crippen LogP contribution is 2.27. The van der Waals surface area contributed by atoms with Gasteiger partial charge in [-0.3, -0.25) is 4.79 Å². The Morgan fingerprint density at radius 1 is 0.964 bits per heavy atom. The molecule has 6 nitrogen and oxygen atoms in total. The number of halogens is 4. The molecule has 28 heavy (non-hydrogen) atoms. The Labute approximate surface area is 156 Å². The van der Waals surface area contributed by atoms with Gasteiger partial charge in [0.15, 0.2) is 11.5 Å². The van der Waals surface area contributed by atoms with Crippen LogP contribution in [0, 0.1) is 5.82 Å². The van der Waals surface area contributed by atoms with Crippen LogP contribution in [-0.4, -0.2) is 20.9 Å². The number of rotatable bonds is 5. The molecule has 3 rings (SSSR count). The van der Waals surface area contributed by atoms with Crippen LogP contribution in [0.1, 0.15) is 21.7 Å². The molecule has 0 radical (unpaired) electrons. The van der Waals surface area contributed by atoms with E-state index >= 15 is 0 Å². The molecule has 3 aromatic rings. The van der Waals surface area contributed by atoms with Crippen molar-refractivity contribution >= 4 is 17.4 Å². The number of anilines is 2. The van der Waals surface area contributed by atoms with Crippen LogP contribution in [0.25, 0.3) is 0 Å². The lowest BCUT2D eigenvalue weighted by molar-refractivity contribution is -0.141. The van der Waals surface area contributed by atoms with Crippen LogP contribution in [0.3, 0.4) is 0 Å². The van der Waals surface area contributed by atoms with Crippen molar-refractivity contribution in [3.8, 4) is 0 Å². The molecular formula is C18H13F4N5O. The summed E-state index contributed by atoms with van der Waals surface area (Å²) in [6.45, 7) is 0.265. The molecule has 0 saturated carbocycles. The first-order valence-corrected chi connectivity index (χ1v) is 7.97. The standard InChI is InChI=1S/C18H13F4N5O/c19-12-3-1-11(2-4-12)9-26-16-15(23-7-8-24-16)17(28)27-13-5-6-14(25-10-13)18(20,21)22/h1-8,10H,9H2,(H,24,26)(H,27,28). The Bertz CT molecular complexity index is 959. The van der Waals surface area contributed by atoms with Gasteiger partial charge in [0.1, 0.15) is 11.5 Å². The van der Waals surface area contributed by atoms with E-state index in [1.165, 1.54) is 24.5 Å². The molecule has 0 saturated heterocycles. The molecule has 0 atom stereocenters. The average Bonchev–Trinajstić information content (AvgIpc) is 2.67. The van der Waals surface area contributed by atoms with Gasteiger partial charge in [0.25, 0.3) is 5.91 Å². The van der Waals surface area contributed by atoms with Crippen molar-refractivity contribution in [3.05, 3.63) is 77.8 Å². The van der Waals surface area contributed by atoms with Crippen LogP contribution in [0.15, 0.2) is 55.0 Å². The van der Waals surface area contributed by atoms with Crippen LogP contribution in [0.2, 0.25) is 0 Å². The van der Waals surface area contributed by atoms with Crippen LogP contribution < -0.4 is 10.6 Å². The van der Waals surface area contributed by atoms with Crippen LogP contribution in [0.4, 0.5) is 29.1 Å². The molecule has 10 heteroatoms. The van der Waals surface area contributed by atoms with E-state index in [0.29, 0.717) is 0 Å². The van der Waals surface area contributed by atoms with Gasteiger partial charge in [-0.05, 0) is 29.8 Å². The van der Waals surface area contributed by atoms with E-state index in [-0.39, 0.29) is 29.6 Å². The molecule has 0 unspecified atom stereocenters. The molecule has 0 aliphatic heterocycles. The normalized spacial score (nSPS) is 11.1. The summed E-state index contributed by atoms with van der Waals surface area (Å²) in [7, 11) is 0. The minimum absolute atomic E-state index is 0.0514. The van der Waals surface area contributed by atoms with Crippen molar-refractivity contribution < 1.29 is 22.4 Å². The summed E-state index contributed by atoms with van der Waals surface area (Å²) in [5, 5.41) is 5.35. The Hall–Kier alpha value is -3.56. The fraction of sp³-hybridized carbons (Fsp3) is 0.111. The highest BCUT2D eigenvalue weighted by Gasteiger charge is 2.32. The minimum Gasteiger partial charge on any atom is -0.364 e. The van der Waals surface area contributed by atoms with E-state index in [1.54, 1.807) is 12.1 Å². The second-order valence-electron chi connectivity index (χ2n) is 5.62. The molecule has 2 aromatic heterocycles. The number of benzene rings is 1. The second kappa shape index (κ2) is 7.99. The zero-order valence-corrected chi connectivity index (χ0v) is 14.2. The van der Waals surface area contributed by atoms with Crippen molar-refractivity contribution in [2.75, 3.05) is 10.6 Å². The van der Waals surface area contributed by atoms with Gasteiger partial charge in [-0.2, -0.15) is 13.2 Å². The molecule has 1 aromatic carbocycles. The third kappa shape index (κ3) is 4.78. The molecule has 1 amide bonds. The maximum atomic E-state index is 13.0. The van der Waals surface area contributed by atoms with E-state index in [1.807, 2.05) is 0 Å². The Kier molecular flexibility index (Phi) is 5.48. The number of amides is 1. The molecule has 2 N–H and O–H groups in total. The first kappa shape index (κ1) is 19.2. The lowest BCUT2D eigenvalue weighted by Gasteiger charge is -2.11. The SMILES string of the molecule is O=C(Nc1ccc(C(F)(F)F)nc1)c1nccnc1NCc1ccc(F)cc1. The Morgan fingerprint density at radius 3 is 2.32 bits per heavy atom. The van der Waals surface area contributed by atoms with Crippen LogP contribution in [-0.2, 0) is 12.7 Å². The van der Waals surface area contributed by atoms with Gasteiger partial charge in [-0.25, -0.2) is 19.3 Å². The number of carbonyl (C=O) groups excluding carboxylic acids is 1. The second-order valence-corrected chi connectivity index (χ2v) is 5.62. The molecular weight excluding hydrogens is 378 g/mol. The summed E-state index contributed by atoms with van der Waals surface area (Å²) in [6.07, 6.45) is -0.972. The fourth-order valence-corrected chi connectivity index (χ4v) is 2.25. The van der Waals surface area contributed by atoms with Crippen LogP contribution >= 0.6 is 0 Å². The molecule has 2 heterocycles. The lowest BCUT2D eigenvalue weighted by Crippen LogP contribution is -2.18. The van der Waals surface area contributed by atoms with Crippen molar-refractivity contribution in [3.63, 3.8) is 0 Å². The van der Waals surface area contributed by atoms with Gasteiger partial charge in [-0.1, -0.05) is 12.1 Å². The van der Waals surface area contributed by atoms with Crippen molar-refractivity contribution in [1.29, 1.82) is 0 Å². The minimum atomic E-state index is -4.56.